The van der Waals surface area contributed by atoms with Crippen LogP contribution in [0.3, 0.4) is 0 Å². The quantitative estimate of drug-likeness (QED) is 0.223. The first kappa shape index (κ1) is 26.4. The number of nitrogens with one attached hydrogen (secondary N) is 3. The summed E-state index contributed by atoms with van der Waals surface area (Å²) >= 11 is 1.25. The number of benzene rings is 2. The van der Waals surface area contributed by atoms with E-state index in [-0.39, 0.29) is 24.2 Å². The summed E-state index contributed by atoms with van der Waals surface area (Å²) in [7, 11) is 0. The first-order valence-electron chi connectivity index (χ1n) is 12.1. The molecule has 2 aromatic carbocycles. The molecule has 0 radical (unpaired) electrons. The molecule has 2 amide bonds. The Morgan fingerprint density at radius 1 is 1.10 bits per heavy atom. The van der Waals surface area contributed by atoms with Crippen LogP contribution in [0.5, 0.6) is 0 Å². The van der Waals surface area contributed by atoms with Gasteiger partial charge in [-0.05, 0) is 53.4 Å². The molecule has 5 rings (SSSR count). The smallest absolute Gasteiger partial charge is 0.257 e. The summed E-state index contributed by atoms with van der Waals surface area (Å²) in [4.78, 5) is 33.8. The van der Waals surface area contributed by atoms with E-state index in [4.69, 9.17) is 10.5 Å². The molecule has 1 aliphatic heterocycles. The molecule has 2 atom stereocenters. The van der Waals surface area contributed by atoms with E-state index in [0.717, 1.165) is 11.8 Å². The number of aliphatic hydroxyl groups excluding tert-OH is 1. The van der Waals surface area contributed by atoms with Crippen molar-refractivity contribution in [1.82, 2.24) is 9.97 Å². The van der Waals surface area contributed by atoms with Crippen molar-refractivity contribution in [2.24, 2.45) is 5.73 Å². The molecule has 3 heterocycles. The van der Waals surface area contributed by atoms with Crippen molar-refractivity contribution >= 4 is 39.0 Å². The minimum Gasteiger partial charge on any atom is -0.368 e. The predicted octanol–water partition coefficient (Wildman–Crippen LogP) is 3.83. The lowest BCUT2D eigenvalue weighted by atomic mass is 9.95. The Hall–Kier alpha value is -4.23. The van der Waals surface area contributed by atoms with Gasteiger partial charge < -0.3 is 26.2 Å². The number of rotatable bonds is 8. The number of carbonyl (C=O) groups is 2. The third-order valence-electron chi connectivity index (χ3n) is 6.16. The standard InChI is InChI=1S/C27H25FN6O4S/c28-20-13-30-8-6-21(20)33-24(35)17-4-5-18(12-29)19(11-17)15-2-1-3-16(10-15)25(36)34-27-31-14-23(39-27)32-22-7-9-38-26(22)37/h1-6,8,10-11,13-14,22,26,32,37H,7,9,12,29H2,(H,30,33,35)(H,31,34,36). The van der Waals surface area contributed by atoms with Gasteiger partial charge in [0.05, 0.1) is 30.7 Å². The van der Waals surface area contributed by atoms with E-state index in [1.807, 2.05) is 6.07 Å². The number of nitrogens with zero attached hydrogens (tertiary/aromatic N) is 2. The highest BCUT2D eigenvalue weighted by Crippen LogP contribution is 2.29. The van der Waals surface area contributed by atoms with Gasteiger partial charge in [0.1, 0.15) is 5.00 Å². The van der Waals surface area contributed by atoms with Gasteiger partial charge in [-0.25, -0.2) is 9.37 Å². The number of aromatic nitrogens is 2. The van der Waals surface area contributed by atoms with Gasteiger partial charge in [-0.15, -0.1) is 0 Å². The van der Waals surface area contributed by atoms with E-state index < -0.39 is 18.0 Å². The highest BCUT2D eigenvalue weighted by Gasteiger charge is 2.26. The number of amides is 2. The fourth-order valence-corrected chi connectivity index (χ4v) is 4.91. The van der Waals surface area contributed by atoms with Crippen LogP contribution in [0, 0.1) is 5.82 Å². The number of halogens is 1. The Morgan fingerprint density at radius 2 is 1.92 bits per heavy atom. The van der Waals surface area contributed by atoms with E-state index >= 15 is 0 Å². The highest BCUT2D eigenvalue weighted by molar-refractivity contribution is 7.19. The average Bonchev–Trinajstić information content (AvgIpc) is 3.57. The number of carbonyl (C=O) groups excluding carboxylic acids is 2. The van der Waals surface area contributed by atoms with E-state index in [1.54, 1.807) is 42.6 Å². The van der Waals surface area contributed by atoms with Crippen LogP contribution in [0.15, 0.2) is 67.1 Å². The molecule has 1 saturated heterocycles. The fourth-order valence-electron chi connectivity index (χ4n) is 4.13. The first-order chi connectivity index (χ1) is 18.9. The van der Waals surface area contributed by atoms with Gasteiger partial charge >= 0.3 is 0 Å². The Morgan fingerprint density at radius 3 is 2.69 bits per heavy atom. The summed E-state index contributed by atoms with van der Waals surface area (Å²) in [5.41, 5.74) is 8.79. The topological polar surface area (TPSA) is 151 Å². The molecule has 1 aliphatic rings. The van der Waals surface area contributed by atoms with Gasteiger partial charge in [-0.1, -0.05) is 29.5 Å². The van der Waals surface area contributed by atoms with Gasteiger partial charge in [-0.2, -0.15) is 0 Å². The Kier molecular flexibility index (Phi) is 7.89. The molecular weight excluding hydrogens is 523 g/mol. The summed E-state index contributed by atoms with van der Waals surface area (Å²) in [5, 5.41) is 19.4. The molecule has 0 aliphatic carbocycles. The lowest BCUT2D eigenvalue weighted by Crippen LogP contribution is -2.28. The van der Waals surface area contributed by atoms with Crippen LogP contribution >= 0.6 is 11.3 Å². The monoisotopic (exact) mass is 548 g/mol. The van der Waals surface area contributed by atoms with Crippen LogP contribution in [-0.2, 0) is 11.3 Å². The van der Waals surface area contributed by atoms with Crippen LogP contribution in [0.1, 0.15) is 32.7 Å². The van der Waals surface area contributed by atoms with Crippen LogP contribution < -0.4 is 21.7 Å². The third-order valence-corrected chi connectivity index (χ3v) is 7.01. The van der Waals surface area contributed by atoms with Crippen molar-refractivity contribution in [3.05, 3.63) is 89.6 Å². The van der Waals surface area contributed by atoms with Crippen molar-refractivity contribution in [2.75, 3.05) is 22.6 Å². The maximum atomic E-state index is 14.0. The van der Waals surface area contributed by atoms with E-state index in [2.05, 4.69) is 25.9 Å². The second-order valence-corrected chi connectivity index (χ2v) is 9.78. The zero-order valence-electron chi connectivity index (χ0n) is 20.6. The normalized spacial score (nSPS) is 16.6. The largest absolute Gasteiger partial charge is 0.368 e. The summed E-state index contributed by atoms with van der Waals surface area (Å²) in [5.74, 6) is -1.50. The first-order valence-corrected chi connectivity index (χ1v) is 12.9. The molecule has 39 heavy (non-hydrogen) atoms. The SMILES string of the molecule is NCc1ccc(C(=O)Nc2ccncc2F)cc1-c1cccc(C(=O)Nc2ncc(NC3CCOC3O)s2)c1. The van der Waals surface area contributed by atoms with Crippen LogP contribution in [0.25, 0.3) is 11.1 Å². The van der Waals surface area contributed by atoms with Crippen molar-refractivity contribution in [2.45, 2.75) is 25.3 Å². The van der Waals surface area contributed by atoms with Gasteiger partial charge in [-0.3, -0.25) is 19.9 Å². The summed E-state index contributed by atoms with van der Waals surface area (Å²) in [6, 6.07) is 13.1. The molecule has 200 valence electrons. The molecule has 6 N–H and O–H groups in total. The number of aliphatic hydroxyl groups is 1. The van der Waals surface area contributed by atoms with Crippen molar-refractivity contribution < 1.29 is 23.8 Å². The average molecular weight is 549 g/mol. The molecule has 0 bridgehead atoms. The summed E-state index contributed by atoms with van der Waals surface area (Å²) < 4.78 is 19.1. The minimum atomic E-state index is -0.882. The van der Waals surface area contributed by atoms with Crippen molar-refractivity contribution in [3.63, 3.8) is 0 Å². The number of anilines is 3. The molecule has 0 saturated carbocycles. The van der Waals surface area contributed by atoms with E-state index in [0.29, 0.717) is 45.4 Å². The number of hydrogen-bond acceptors (Lipinski definition) is 9. The summed E-state index contributed by atoms with van der Waals surface area (Å²) in [6.07, 6.45) is 3.78. The van der Waals surface area contributed by atoms with E-state index in [9.17, 15) is 19.1 Å². The van der Waals surface area contributed by atoms with Crippen LogP contribution in [-0.4, -0.2) is 45.8 Å². The Bertz CT molecular complexity index is 1510. The number of hydrogen-bond donors (Lipinski definition) is 5. The zero-order chi connectivity index (χ0) is 27.4. The molecule has 0 spiro atoms. The highest BCUT2D eigenvalue weighted by atomic mass is 32.1. The van der Waals surface area contributed by atoms with Crippen molar-refractivity contribution in [3.8, 4) is 11.1 Å². The maximum Gasteiger partial charge on any atom is 0.257 e. The lowest BCUT2D eigenvalue weighted by Gasteiger charge is -2.14. The fraction of sp³-hybridized carbons (Fsp3) is 0.185. The number of ether oxygens (including phenoxy) is 1. The summed E-state index contributed by atoms with van der Waals surface area (Å²) in [6.45, 7) is 0.683. The second-order valence-electron chi connectivity index (χ2n) is 8.75. The molecular formula is C27H25FN6O4S. The maximum absolute atomic E-state index is 14.0. The van der Waals surface area contributed by atoms with Crippen molar-refractivity contribution in [1.29, 1.82) is 0 Å². The lowest BCUT2D eigenvalue weighted by molar-refractivity contribution is -0.0635. The van der Waals surface area contributed by atoms with Gasteiger partial charge in [0, 0.05) is 23.9 Å². The van der Waals surface area contributed by atoms with Crippen LogP contribution in [0.4, 0.5) is 20.2 Å². The second kappa shape index (κ2) is 11.7. The molecule has 2 aromatic heterocycles. The predicted molar refractivity (Wildman–Crippen MR) is 146 cm³/mol. The Balaban J connectivity index is 1.33. The minimum absolute atomic E-state index is 0.0198. The van der Waals surface area contributed by atoms with E-state index in [1.165, 1.54) is 23.6 Å². The van der Waals surface area contributed by atoms with Gasteiger partial charge in [0.15, 0.2) is 17.2 Å². The van der Waals surface area contributed by atoms with Crippen LogP contribution in [0.2, 0.25) is 0 Å². The molecule has 1 fully saturated rings. The number of thiazole rings is 1. The number of pyridine rings is 1. The molecule has 2 unspecified atom stereocenters. The molecule has 10 nitrogen and oxygen atoms in total. The Labute approximate surface area is 227 Å². The third kappa shape index (κ3) is 6.10. The van der Waals surface area contributed by atoms with Gasteiger partial charge in [0.2, 0.25) is 0 Å². The zero-order valence-corrected chi connectivity index (χ0v) is 21.4. The van der Waals surface area contributed by atoms with Gasteiger partial charge in [0.25, 0.3) is 11.8 Å². The molecule has 12 heteroatoms. The number of nitrogens with two attached hydrogens (primary N) is 1. The molecule has 4 aromatic rings.